The Hall–Kier alpha value is -2.95. The highest BCUT2D eigenvalue weighted by Gasteiger charge is 2.44. The van der Waals surface area contributed by atoms with Gasteiger partial charge in [0.05, 0.1) is 5.52 Å². The largest absolute Gasteiger partial charge is 0.493 e. The van der Waals surface area contributed by atoms with E-state index in [4.69, 9.17) is 0 Å². The van der Waals surface area contributed by atoms with Crippen LogP contribution in [0.25, 0.3) is 10.9 Å². The summed E-state index contributed by atoms with van der Waals surface area (Å²) in [6.45, 7) is 9.15. The van der Waals surface area contributed by atoms with Gasteiger partial charge in [-0.1, -0.05) is 63.2 Å². The highest BCUT2D eigenvalue weighted by molar-refractivity contribution is 5.95. The molecule has 1 heterocycles. The number of hydrogen-bond donors (Lipinski definition) is 1. The average Bonchev–Trinajstić information content (AvgIpc) is 3.45. The van der Waals surface area contributed by atoms with Crippen molar-refractivity contribution in [3.8, 4) is 5.88 Å². The van der Waals surface area contributed by atoms with Crippen molar-refractivity contribution >= 4 is 22.5 Å². The Morgan fingerprint density at radius 2 is 1.83 bits per heavy atom. The molecular formula is C24H27N3O2. The van der Waals surface area contributed by atoms with Gasteiger partial charge in [0.25, 0.3) is 5.91 Å². The molecule has 4 rings (SSSR count). The SMILES string of the molecule is CCn1c(O)c(N=NC(=O)[C@@H]2C[C@@H]2c2ccc(C(C)(C)C)cc2)c2ccccc21. The summed E-state index contributed by atoms with van der Waals surface area (Å²) in [7, 11) is 0. The summed E-state index contributed by atoms with van der Waals surface area (Å²) in [6.07, 6.45) is 0.801. The molecule has 0 aliphatic heterocycles. The van der Waals surface area contributed by atoms with Gasteiger partial charge in [0.1, 0.15) is 0 Å². The summed E-state index contributed by atoms with van der Waals surface area (Å²) in [5.41, 5.74) is 3.83. The zero-order valence-corrected chi connectivity index (χ0v) is 17.4. The lowest BCUT2D eigenvalue weighted by molar-refractivity contribution is -0.119. The minimum absolute atomic E-state index is 0.0513. The Balaban J connectivity index is 1.51. The van der Waals surface area contributed by atoms with Crippen LogP contribution in [-0.4, -0.2) is 15.6 Å². The third-order valence-electron chi connectivity index (χ3n) is 5.79. The molecule has 1 saturated carbocycles. The first-order valence-corrected chi connectivity index (χ1v) is 10.2. The quantitative estimate of drug-likeness (QED) is 0.550. The Morgan fingerprint density at radius 1 is 1.14 bits per heavy atom. The third kappa shape index (κ3) is 3.57. The van der Waals surface area contributed by atoms with Crippen LogP contribution in [0.5, 0.6) is 5.88 Å². The molecule has 0 bridgehead atoms. The molecule has 1 N–H and O–H groups in total. The normalized spacial score (nSPS) is 19.2. The van der Waals surface area contributed by atoms with Crippen LogP contribution in [0.1, 0.15) is 51.2 Å². The zero-order chi connectivity index (χ0) is 20.8. The molecule has 0 unspecified atom stereocenters. The first-order chi connectivity index (χ1) is 13.8. The van der Waals surface area contributed by atoms with Gasteiger partial charge in [0, 0.05) is 17.8 Å². The van der Waals surface area contributed by atoms with Crippen LogP contribution < -0.4 is 0 Å². The molecule has 1 fully saturated rings. The standard InChI is InChI=1S/C24H27N3O2/c1-5-27-20-9-7-6-8-17(20)21(23(27)29)25-26-22(28)19-14-18(19)15-10-12-16(13-11-15)24(2,3)4/h6-13,18-19,29H,5,14H2,1-4H3/t18-,19-/m1/s1. The molecule has 1 aliphatic carbocycles. The van der Waals surface area contributed by atoms with E-state index in [0.29, 0.717) is 12.2 Å². The molecule has 5 nitrogen and oxygen atoms in total. The first-order valence-electron chi connectivity index (χ1n) is 10.2. The van der Waals surface area contributed by atoms with E-state index in [1.165, 1.54) is 11.1 Å². The van der Waals surface area contributed by atoms with Crippen LogP contribution in [0.4, 0.5) is 5.69 Å². The summed E-state index contributed by atoms with van der Waals surface area (Å²) in [6, 6.07) is 16.2. The Morgan fingerprint density at radius 3 is 2.48 bits per heavy atom. The lowest BCUT2D eigenvalue weighted by Gasteiger charge is -2.19. The number of carbonyl (C=O) groups excluding carboxylic acids is 1. The Bertz CT molecular complexity index is 1090. The van der Waals surface area contributed by atoms with Crippen LogP contribution in [0.15, 0.2) is 58.8 Å². The molecule has 0 saturated heterocycles. The highest BCUT2D eigenvalue weighted by Crippen LogP contribution is 2.49. The third-order valence-corrected chi connectivity index (χ3v) is 5.79. The molecular weight excluding hydrogens is 362 g/mol. The lowest BCUT2D eigenvalue weighted by Crippen LogP contribution is -2.10. The first kappa shape index (κ1) is 19.4. The van der Waals surface area contributed by atoms with Gasteiger partial charge in [-0.25, -0.2) is 0 Å². The van der Waals surface area contributed by atoms with Crippen molar-refractivity contribution in [2.45, 2.75) is 52.0 Å². The number of aromatic hydroxyl groups is 1. The number of fused-ring (bicyclic) bond motifs is 1. The van der Waals surface area contributed by atoms with Crippen LogP contribution in [-0.2, 0) is 16.8 Å². The average molecular weight is 389 g/mol. The van der Waals surface area contributed by atoms with Crippen molar-refractivity contribution in [2.24, 2.45) is 16.1 Å². The van der Waals surface area contributed by atoms with Crippen LogP contribution in [0.2, 0.25) is 0 Å². The van der Waals surface area contributed by atoms with Crippen molar-refractivity contribution in [3.05, 3.63) is 59.7 Å². The Kier molecular flexibility index (Phi) is 4.77. The van der Waals surface area contributed by atoms with Gasteiger partial charge in [0.2, 0.25) is 5.88 Å². The molecule has 3 aromatic rings. The van der Waals surface area contributed by atoms with Crippen LogP contribution >= 0.6 is 0 Å². The number of amides is 1. The number of benzene rings is 2. The second-order valence-electron chi connectivity index (χ2n) is 8.79. The molecule has 2 aromatic carbocycles. The van der Waals surface area contributed by atoms with Gasteiger partial charge in [-0.05, 0) is 41.9 Å². The molecule has 0 radical (unpaired) electrons. The number of carbonyl (C=O) groups is 1. The number of aryl methyl sites for hydroxylation is 1. The lowest BCUT2D eigenvalue weighted by atomic mass is 9.86. The minimum atomic E-state index is -0.220. The fourth-order valence-corrected chi connectivity index (χ4v) is 3.93. The van der Waals surface area contributed by atoms with Crippen LogP contribution in [0, 0.1) is 5.92 Å². The molecule has 1 aliphatic rings. The van der Waals surface area contributed by atoms with E-state index in [2.05, 4.69) is 55.3 Å². The molecule has 0 spiro atoms. The zero-order valence-electron chi connectivity index (χ0n) is 17.4. The predicted octanol–water partition coefficient (Wildman–Crippen LogP) is 6.08. The van der Waals surface area contributed by atoms with Crippen molar-refractivity contribution in [1.29, 1.82) is 0 Å². The monoisotopic (exact) mass is 389 g/mol. The van der Waals surface area contributed by atoms with Gasteiger partial charge in [-0.15, -0.1) is 10.2 Å². The maximum absolute atomic E-state index is 12.6. The van der Waals surface area contributed by atoms with E-state index in [1.807, 2.05) is 31.2 Å². The van der Waals surface area contributed by atoms with E-state index >= 15 is 0 Å². The topological polar surface area (TPSA) is 66.9 Å². The molecule has 29 heavy (non-hydrogen) atoms. The molecule has 5 heteroatoms. The van der Waals surface area contributed by atoms with Gasteiger partial charge >= 0.3 is 0 Å². The predicted molar refractivity (Wildman–Crippen MR) is 115 cm³/mol. The van der Waals surface area contributed by atoms with E-state index in [0.717, 1.165) is 17.3 Å². The molecule has 1 aromatic heterocycles. The number of aromatic nitrogens is 1. The number of hydrogen-bond acceptors (Lipinski definition) is 3. The van der Waals surface area contributed by atoms with E-state index < -0.39 is 0 Å². The Labute approximate surface area is 171 Å². The highest BCUT2D eigenvalue weighted by atomic mass is 16.3. The van der Waals surface area contributed by atoms with E-state index in [-0.39, 0.29) is 29.0 Å². The van der Waals surface area contributed by atoms with Crippen molar-refractivity contribution in [2.75, 3.05) is 0 Å². The fraction of sp³-hybridized carbons (Fsp3) is 0.375. The fourth-order valence-electron chi connectivity index (χ4n) is 3.93. The molecule has 150 valence electrons. The number of azo groups is 1. The van der Waals surface area contributed by atoms with Gasteiger partial charge in [-0.3, -0.25) is 4.79 Å². The van der Waals surface area contributed by atoms with E-state index in [1.54, 1.807) is 4.57 Å². The summed E-state index contributed by atoms with van der Waals surface area (Å²) in [4.78, 5) is 12.6. The van der Waals surface area contributed by atoms with Crippen molar-refractivity contribution in [1.82, 2.24) is 4.57 Å². The number of para-hydroxylation sites is 1. The van der Waals surface area contributed by atoms with E-state index in [9.17, 15) is 9.90 Å². The molecule has 1 amide bonds. The summed E-state index contributed by atoms with van der Waals surface area (Å²) >= 11 is 0. The number of rotatable bonds is 4. The summed E-state index contributed by atoms with van der Waals surface area (Å²) < 4.78 is 1.77. The summed E-state index contributed by atoms with van der Waals surface area (Å²) in [5.74, 6) is -0.0834. The smallest absolute Gasteiger partial charge is 0.268 e. The second-order valence-corrected chi connectivity index (χ2v) is 8.79. The number of nitrogens with zero attached hydrogens (tertiary/aromatic N) is 3. The molecule has 2 atom stereocenters. The second kappa shape index (κ2) is 7.14. The van der Waals surface area contributed by atoms with Gasteiger partial charge < -0.3 is 9.67 Å². The van der Waals surface area contributed by atoms with Crippen molar-refractivity contribution < 1.29 is 9.90 Å². The van der Waals surface area contributed by atoms with Gasteiger partial charge in [0.15, 0.2) is 5.69 Å². The minimum Gasteiger partial charge on any atom is -0.493 e. The van der Waals surface area contributed by atoms with Crippen LogP contribution in [0.3, 0.4) is 0 Å². The van der Waals surface area contributed by atoms with Crippen molar-refractivity contribution in [3.63, 3.8) is 0 Å². The maximum Gasteiger partial charge on any atom is 0.268 e. The summed E-state index contributed by atoms with van der Waals surface area (Å²) in [5, 5.41) is 19.4. The maximum atomic E-state index is 12.6. The van der Waals surface area contributed by atoms with Gasteiger partial charge in [-0.2, -0.15) is 0 Å².